The number of aliphatic hydroxyl groups excluding tert-OH is 4. The summed E-state index contributed by atoms with van der Waals surface area (Å²) in [4.78, 5) is 0. The van der Waals surface area contributed by atoms with Gasteiger partial charge in [0, 0.05) is 17.7 Å². The Morgan fingerprint density at radius 1 is 1.25 bits per heavy atom. The fraction of sp³-hybridized carbons (Fsp3) is 0.467. The molecule has 0 bridgehead atoms. The Morgan fingerprint density at radius 3 is 2.62 bits per heavy atom. The van der Waals surface area contributed by atoms with Gasteiger partial charge >= 0.3 is 0 Å². The average Bonchev–Trinajstić information content (AvgIpc) is 2.87. The summed E-state index contributed by atoms with van der Waals surface area (Å²) >= 11 is 9.68. The third-order valence-electron chi connectivity index (χ3n) is 4.10. The molecule has 3 rings (SSSR count). The lowest BCUT2D eigenvalue weighted by Gasteiger charge is -2.39. The van der Waals surface area contributed by atoms with E-state index in [1.165, 1.54) is 0 Å². The first-order valence-corrected chi connectivity index (χ1v) is 8.42. The molecule has 1 saturated heterocycles. The van der Waals surface area contributed by atoms with Gasteiger partial charge in [-0.15, -0.1) is 0 Å². The van der Waals surface area contributed by atoms with E-state index in [4.69, 9.17) is 21.1 Å². The molecule has 9 heteroatoms. The number of ether oxygens (including phenoxy) is 2. The second-order valence-electron chi connectivity index (χ2n) is 5.67. The van der Waals surface area contributed by atoms with Gasteiger partial charge in [-0.2, -0.15) is 0 Å². The third-order valence-corrected chi connectivity index (χ3v) is 5.38. The van der Waals surface area contributed by atoms with Crippen molar-refractivity contribution in [2.75, 3.05) is 6.61 Å². The molecule has 1 fully saturated rings. The molecular weight excluding hydrogens is 406 g/mol. The van der Waals surface area contributed by atoms with E-state index in [9.17, 15) is 20.4 Å². The third kappa shape index (κ3) is 2.92. The van der Waals surface area contributed by atoms with E-state index in [0.29, 0.717) is 20.6 Å². The van der Waals surface area contributed by atoms with Crippen molar-refractivity contribution in [3.05, 3.63) is 27.8 Å². The normalized spacial score (nSPS) is 30.7. The molecule has 0 spiro atoms. The summed E-state index contributed by atoms with van der Waals surface area (Å²) in [5, 5.41) is 40.1. The highest BCUT2D eigenvalue weighted by molar-refractivity contribution is 9.10. The molecule has 4 N–H and O–H groups in total. The van der Waals surface area contributed by atoms with Crippen LogP contribution in [0.3, 0.4) is 0 Å². The zero-order valence-corrected chi connectivity index (χ0v) is 15.0. The van der Waals surface area contributed by atoms with E-state index < -0.39 is 37.3 Å². The monoisotopic (exact) mass is 421 g/mol. The summed E-state index contributed by atoms with van der Waals surface area (Å²) in [6.45, 7) is -0.521. The average molecular weight is 423 g/mol. The van der Waals surface area contributed by atoms with Crippen molar-refractivity contribution in [1.29, 1.82) is 0 Å². The highest BCUT2D eigenvalue weighted by Crippen LogP contribution is 2.39. The number of aryl methyl sites for hydroxylation is 1. The van der Waals surface area contributed by atoms with Crippen LogP contribution in [0.2, 0.25) is 5.02 Å². The van der Waals surface area contributed by atoms with Gasteiger partial charge in [-0.25, -0.2) is 0 Å². The first-order valence-electron chi connectivity index (χ1n) is 7.25. The molecule has 0 radical (unpaired) electrons. The minimum Gasteiger partial charge on any atom is -0.460 e. The van der Waals surface area contributed by atoms with Crippen molar-refractivity contribution in [3.63, 3.8) is 0 Å². The van der Waals surface area contributed by atoms with Gasteiger partial charge < -0.3 is 34.5 Å². The first kappa shape index (κ1) is 17.9. The number of aromatic nitrogens is 1. The van der Waals surface area contributed by atoms with Crippen LogP contribution < -0.4 is 4.74 Å². The van der Waals surface area contributed by atoms with E-state index in [2.05, 4.69) is 15.9 Å². The maximum absolute atomic E-state index is 10.1. The van der Waals surface area contributed by atoms with Crippen LogP contribution in [0.5, 0.6) is 5.75 Å². The maximum Gasteiger partial charge on any atom is 0.229 e. The summed E-state index contributed by atoms with van der Waals surface area (Å²) in [6.07, 6.45) is -5.05. The molecule has 2 heterocycles. The summed E-state index contributed by atoms with van der Waals surface area (Å²) < 4.78 is 13.6. The van der Waals surface area contributed by atoms with Crippen molar-refractivity contribution >= 4 is 38.4 Å². The van der Waals surface area contributed by atoms with Gasteiger partial charge in [-0.05, 0) is 28.1 Å². The molecular formula is C15H17BrClNO6. The maximum atomic E-state index is 10.1. The molecule has 0 unspecified atom stereocenters. The predicted molar refractivity (Wildman–Crippen MR) is 90.0 cm³/mol. The number of benzene rings is 1. The van der Waals surface area contributed by atoms with Crippen LogP contribution in [-0.4, -0.2) is 62.3 Å². The summed E-state index contributed by atoms with van der Waals surface area (Å²) in [5.74, 6) is 0.350. The van der Waals surface area contributed by atoms with E-state index in [1.807, 2.05) is 19.2 Å². The van der Waals surface area contributed by atoms with Crippen LogP contribution in [-0.2, 0) is 11.8 Å². The molecule has 1 aliphatic heterocycles. The zero-order chi connectivity index (χ0) is 17.6. The summed E-state index contributed by atoms with van der Waals surface area (Å²) in [6, 6.07) is 3.66. The van der Waals surface area contributed by atoms with E-state index in [1.54, 1.807) is 10.8 Å². The van der Waals surface area contributed by atoms with Crippen LogP contribution in [0.4, 0.5) is 0 Å². The van der Waals surface area contributed by atoms with Crippen molar-refractivity contribution < 1.29 is 29.9 Å². The number of fused-ring (bicyclic) bond motifs is 1. The second kappa shape index (κ2) is 6.80. The molecule has 5 atom stereocenters. The molecule has 2 aromatic rings. The van der Waals surface area contributed by atoms with Gasteiger partial charge in [0.25, 0.3) is 0 Å². The fourth-order valence-electron chi connectivity index (χ4n) is 2.76. The fourth-order valence-corrected chi connectivity index (χ4v) is 3.34. The molecule has 24 heavy (non-hydrogen) atoms. The molecule has 0 aliphatic carbocycles. The largest absolute Gasteiger partial charge is 0.460 e. The Labute approximate surface area is 151 Å². The van der Waals surface area contributed by atoms with Gasteiger partial charge in [0.15, 0.2) is 0 Å². The van der Waals surface area contributed by atoms with Crippen LogP contribution in [0.25, 0.3) is 10.9 Å². The van der Waals surface area contributed by atoms with E-state index in [-0.39, 0.29) is 0 Å². The lowest BCUT2D eigenvalue weighted by atomic mass is 9.99. The summed E-state index contributed by atoms with van der Waals surface area (Å²) in [7, 11) is 1.81. The Hall–Kier alpha value is -0.870. The van der Waals surface area contributed by atoms with Gasteiger partial charge in [0.1, 0.15) is 30.2 Å². The highest BCUT2D eigenvalue weighted by atomic mass is 79.9. The van der Waals surface area contributed by atoms with Crippen molar-refractivity contribution in [2.45, 2.75) is 30.7 Å². The lowest BCUT2D eigenvalue weighted by Crippen LogP contribution is -2.60. The topological polar surface area (TPSA) is 104 Å². The van der Waals surface area contributed by atoms with Crippen molar-refractivity contribution in [1.82, 2.24) is 4.57 Å². The summed E-state index contributed by atoms with van der Waals surface area (Å²) in [5.41, 5.74) is 0.808. The number of rotatable bonds is 3. The minimum atomic E-state index is -1.50. The molecule has 1 aromatic carbocycles. The van der Waals surface area contributed by atoms with E-state index in [0.717, 1.165) is 5.52 Å². The number of halogens is 2. The predicted octanol–water partition coefficient (Wildman–Crippen LogP) is 0.773. The van der Waals surface area contributed by atoms with Crippen LogP contribution in [0, 0.1) is 0 Å². The first-order chi connectivity index (χ1) is 11.3. The Balaban J connectivity index is 1.96. The van der Waals surface area contributed by atoms with Crippen molar-refractivity contribution in [3.8, 4) is 5.75 Å². The Kier molecular flexibility index (Phi) is 5.08. The minimum absolute atomic E-state index is 0.350. The Morgan fingerprint density at radius 2 is 1.96 bits per heavy atom. The molecule has 0 amide bonds. The standard InChI is InChI=1S/C15H17BrClNO6/c1-18-4-8(10-7(18)3-2-6(16)11(10)17)23-15-14(22)13(21)12(20)9(5-19)24-15/h2-4,9,12-15,19-22H,5H2,1H3/t9-,12+,13+,14-,15-/m1/s1. The smallest absolute Gasteiger partial charge is 0.229 e. The second-order valence-corrected chi connectivity index (χ2v) is 6.91. The van der Waals surface area contributed by atoms with Crippen LogP contribution >= 0.6 is 27.5 Å². The molecule has 0 saturated carbocycles. The van der Waals surface area contributed by atoms with Crippen molar-refractivity contribution in [2.24, 2.45) is 7.05 Å². The van der Waals surface area contributed by atoms with Gasteiger partial charge in [-0.3, -0.25) is 0 Å². The van der Waals surface area contributed by atoms with Crippen LogP contribution in [0.1, 0.15) is 0 Å². The van der Waals surface area contributed by atoms with Gasteiger partial charge in [-0.1, -0.05) is 11.6 Å². The SMILES string of the molecule is Cn1cc(O[C@@H]2O[C@H](CO)[C@H](O)[C@H](O)[C@H]2O)c2c(Cl)c(Br)ccc21. The number of hydrogen-bond donors (Lipinski definition) is 4. The lowest BCUT2D eigenvalue weighted by molar-refractivity contribution is -0.277. The zero-order valence-electron chi connectivity index (χ0n) is 12.6. The molecule has 7 nitrogen and oxygen atoms in total. The quantitative estimate of drug-likeness (QED) is 0.583. The van der Waals surface area contributed by atoms with Gasteiger partial charge in [0.2, 0.25) is 6.29 Å². The Bertz CT molecular complexity index is 751. The molecule has 1 aliphatic rings. The van der Waals surface area contributed by atoms with Gasteiger partial charge in [0.05, 0.1) is 22.5 Å². The van der Waals surface area contributed by atoms with Crippen LogP contribution in [0.15, 0.2) is 22.8 Å². The number of aliphatic hydroxyl groups is 4. The number of nitrogens with zero attached hydrogens (tertiary/aromatic N) is 1. The van der Waals surface area contributed by atoms with E-state index >= 15 is 0 Å². The molecule has 1 aromatic heterocycles. The highest BCUT2D eigenvalue weighted by Gasteiger charge is 2.45. The number of hydrogen-bond acceptors (Lipinski definition) is 6. The molecule has 132 valence electrons.